The maximum absolute atomic E-state index is 12.9. The van der Waals surface area contributed by atoms with E-state index in [0.717, 1.165) is 62.2 Å². The monoisotopic (exact) mass is 803 g/mol. The molecule has 0 aromatic carbocycles. The highest BCUT2D eigenvalue weighted by molar-refractivity contribution is 7.45. The summed E-state index contributed by atoms with van der Waals surface area (Å²) in [5, 5.41) is 0. The molecular weight excluding hydrogens is 713 g/mol. The molecule has 0 fully saturated rings. The Bertz CT molecular complexity index is 994. The molecule has 0 spiro atoms. The van der Waals surface area contributed by atoms with Crippen molar-refractivity contribution >= 4 is 19.8 Å². The number of hydrogen-bond acceptors (Lipinski definition) is 9. The molecule has 0 aromatic rings. The fraction of sp³-hybridized carbons (Fsp3) is 0.956. The van der Waals surface area contributed by atoms with Crippen LogP contribution in [0, 0.1) is 47.3 Å². The van der Waals surface area contributed by atoms with E-state index in [9.17, 15) is 19.0 Å². The smallest absolute Gasteiger partial charge is 0.306 e. The molecule has 0 aliphatic rings. The summed E-state index contributed by atoms with van der Waals surface area (Å²) >= 11 is 0. The van der Waals surface area contributed by atoms with E-state index in [2.05, 4.69) is 55.4 Å². The van der Waals surface area contributed by atoms with Gasteiger partial charge in [0.05, 0.1) is 13.2 Å². The van der Waals surface area contributed by atoms with Crippen LogP contribution in [0.25, 0.3) is 0 Å². The van der Waals surface area contributed by atoms with E-state index in [1.165, 1.54) is 77.0 Å². The first kappa shape index (κ1) is 54.0. The fourth-order valence-electron chi connectivity index (χ4n) is 7.33. The molecule has 0 aliphatic carbocycles. The second-order valence-electron chi connectivity index (χ2n) is 18.6. The number of carbonyl (C=O) groups excluding carboxylic acids is 2. The second kappa shape index (κ2) is 32.9. The maximum atomic E-state index is 12.9. The molecule has 0 aliphatic heterocycles. The second-order valence-corrected chi connectivity index (χ2v) is 20.0. The number of ether oxygens (including phenoxy) is 2. The van der Waals surface area contributed by atoms with E-state index < -0.39 is 32.5 Å². The SMILES string of the molecule is CC(C)CCCC(C)CCCC(C)CCCC(C)CC(=O)OC[C@H](COP(=O)([O-])OCCN)OC(=O)CC(C)CCCC(C)CCCC(C)CCCC(C)C. The Labute approximate surface area is 339 Å². The highest BCUT2D eigenvalue weighted by Gasteiger charge is 2.23. The Kier molecular flexibility index (Phi) is 32.3. The van der Waals surface area contributed by atoms with Gasteiger partial charge in [0.1, 0.15) is 6.61 Å². The molecule has 2 N–H and O–H groups in total. The molecule has 0 aromatic heterocycles. The third-order valence-electron chi connectivity index (χ3n) is 11.1. The van der Waals surface area contributed by atoms with Gasteiger partial charge in [-0.25, -0.2) is 0 Å². The van der Waals surface area contributed by atoms with Gasteiger partial charge in [-0.15, -0.1) is 0 Å². The molecule has 8 atom stereocenters. The van der Waals surface area contributed by atoms with E-state index in [-0.39, 0.29) is 44.4 Å². The first-order valence-electron chi connectivity index (χ1n) is 22.6. The predicted molar refractivity (Wildman–Crippen MR) is 226 cm³/mol. The quantitative estimate of drug-likeness (QED) is 0.0480. The van der Waals surface area contributed by atoms with E-state index in [1.807, 2.05) is 13.8 Å². The lowest BCUT2D eigenvalue weighted by Gasteiger charge is -2.25. The third-order valence-corrected chi connectivity index (χ3v) is 12.0. The highest BCUT2D eigenvalue weighted by Crippen LogP contribution is 2.38. The summed E-state index contributed by atoms with van der Waals surface area (Å²) < 4.78 is 32.9. The van der Waals surface area contributed by atoms with Crippen LogP contribution in [-0.4, -0.2) is 44.4 Å². The van der Waals surface area contributed by atoms with Crippen molar-refractivity contribution in [2.45, 2.75) is 204 Å². The van der Waals surface area contributed by atoms with Gasteiger partial charge in [0.15, 0.2) is 6.10 Å². The van der Waals surface area contributed by atoms with Crippen LogP contribution in [0.5, 0.6) is 0 Å². The molecular formula is C45H89NO8P-. The first-order valence-corrected chi connectivity index (χ1v) is 24.0. The number of phosphoric ester groups is 1. The van der Waals surface area contributed by atoms with Crippen LogP contribution >= 0.6 is 7.82 Å². The van der Waals surface area contributed by atoms with Crippen LogP contribution in [0.2, 0.25) is 0 Å². The fourth-order valence-corrected chi connectivity index (χ4v) is 8.08. The number of carbonyl (C=O) groups is 2. The van der Waals surface area contributed by atoms with Gasteiger partial charge >= 0.3 is 11.9 Å². The Balaban J connectivity index is 4.65. The zero-order chi connectivity index (χ0) is 41.6. The molecule has 55 heavy (non-hydrogen) atoms. The van der Waals surface area contributed by atoms with E-state index in [0.29, 0.717) is 11.8 Å². The summed E-state index contributed by atoms with van der Waals surface area (Å²) in [4.78, 5) is 37.8. The molecule has 0 saturated carbocycles. The summed E-state index contributed by atoms with van der Waals surface area (Å²) in [6.07, 6.45) is 21.1. The molecule has 7 unspecified atom stereocenters. The van der Waals surface area contributed by atoms with Crippen LogP contribution < -0.4 is 10.6 Å². The Morgan fingerprint density at radius 1 is 0.509 bits per heavy atom. The minimum atomic E-state index is -4.65. The highest BCUT2D eigenvalue weighted by atomic mass is 31.2. The van der Waals surface area contributed by atoms with Crippen molar-refractivity contribution in [1.29, 1.82) is 0 Å². The maximum Gasteiger partial charge on any atom is 0.306 e. The van der Waals surface area contributed by atoms with E-state index >= 15 is 0 Å². The minimum absolute atomic E-state index is 0.00904. The van der Waals surface area contributed by atoms with Crippen molar-refractivity contribution in [2.75, 3.05) is 26.4 Å². The lowest BCUT2D eigenvalue weighted by molar-refractivity contribution is -0.228. The molecule has 0 heterocycles. The summed E-state index contributed by atoms with van der Waals surface area (Å²) in [7, 11) is -4.65. The zero-order valence-electron chi connectivity index (χ0n) is 37.5. The number of esters is 2. The molecule has 0 rings (SSSR count). The van der Waals surface area contributed by atoms with Gasteiger partial charge in [0, 0.05) is 19.4 Å². The van der Waals surface area contributed by atoms with E-state index in [1.54, 1.807) is 0 Å². The Hall–Kier alpha value is -0.990. The lowest BCUT2D eigenvalue weighted by Crippen LogP contribution is -2.31. The number of rotatable bonds is 37. The van der Waals surface area contributed by atoms with Crippen molar-refractivity contribution in [3.8, 4) is 0 Å². The third kappa shape index (κ3) is 34.7. The van der Waals surface area contributed by atoms with E-state index in [4.69, 9.17) is 24.3 Å². The summed E-state index contributed by atoms with van der Waals surface area (Å²) in [6, 6.07) is 0. The predicted octanol–water partition coefficient (Wildman–Crippen LogP) is 11.8. The molecule has 10 heteroatoms. The van der Waals surface area contributed by atoms with Crippen molar-refractivity contribution in [1.82, 2.24) is 0 Å². The van der Waals surface area contributed by atoms with Gasteiger partial charge in [0.25, 0.3) is 7.82 Å². The van der Waals surface area contributed by atoms with Gasteiger partial charge in [-0.05, 0) is 47.3 Å². The molecule has 0 radical (unpaired) electrons. The molecule has 0 saturated heterocycles. The van der Waals surface area contributed by atoms with Crippen LogP contribution in [0.4, 0.5) is 0 Å². The standard InChI is InChI=1S/C45H90NO8P/c1-35(2)17-11-19-37(5)21-13-23-39(7)25-15-27-41(9)31-44(47)51-33-43(34-53-55(49,50)52-30-29-46)54-45(48)32-42(10)28-16-26-40(8)24-14-22-38(6)20-12-18-36(3)4/h35-43H,11-34,46H2,1-10H3,(H,49,50)/p-1/t37?,38?,39?,40?,41?,42?,43-/m1/s1. The van der Waals surface area contributed by atoms with Crippen LogP contribution in [0.15, 0.2) is 0 Å². The van der Waals surface area contributed by atoms with Gasteiger partial charge < -0.3 is 29.1 Å². The topological polar surface area (TPSA) is 137 Å². The van der Waals surface area contributed by atoms with Crippen molar-refractivity contribution in [3.05, 3.63) is 0 Å². The van der Waals surface area contributed by atoms with Crippen LogP contribution in [-0.2, 0) is 32.7 Å². The van der Waals surface area contributed by atoms with Gasteiger partial charge in [-0.3, -0.25) is 14.2 Å². The average molecular weight is 803 g/mol. The average Bonchev–Trinajstić information content (AvgIpc) is 3.08. The zero-order valence-corrected chi connectivity index (χ0v) is 38.4. The normalized spacial score (nSPS) is 17.0. The summed E-state index contributed by atoms with van der Waals surface area (Å²) in [5.74, 6) is 3.87. The number of hydrogen-bond donors (Lipinski definition) is 1. The van der Waals surface area contributed by atoms with Crippen LogP contribution in [0.1, 0.15) is 198 Å². The molecule has 0 amide bonds. The number of nitrogens with two attached hydrogens (primary N) is 1. The van der Waals surface area contributed by atoms with Crippen molar-refractivity contribution in [2.24, 2.45) is 53.1 Å². The Morgan fingerprint density at radius 3 is 1.22 bits per heavy atom. The Morgan fingerprint density at radius 2 is 0.855 bits per heavy atom. The largest absolute Gasteiger partial charge is 0.756 e. The molecule has 9 nitrogen and oxygen atoms in total. The van der Waals surface area contributed by atoms with Gasteiger partial charge in [-0.1, -0.05) is 185 Å². The van der Waals surface area contributed by atoms with Gasteiger partial charge in [0.2, 0.25) is 0 Å². The van der Waals surface area contributed by atoms with Crippen molar-refractivity contribution in [3.63, 3.8) is 0 Å². The molecule has 0 bridgehead atoms. The minimum Gasteiger partial charge on any atom is -0.756 e. The van der Waals surface area contributed by atoms with Gasteiger partial charge in [-0.2, -0.15) is 0 Å². The van der Waals surface area contributed by atoms with Crippen molar-refractivity contribution < 1.29 is 37.6 Å². The number of phosphoric acid groups is 1. The molecule has 328 valence electrons. The first-order chi connectivity index (χ1) is 25.9. The lowest BCUT2D eigenvalue weighted by atomic mass is 9.91. The summed E-state index contributed by atoms with van der Waals surface area (Å²) in [6.45, 7) is 21.7. The van der Waals surface area contributed by atoms with Crippen LogP contribution in [0.3, 0.4) is 0 Å². The summed E-state index contributed by atoms with van der Waals surface area (Å²) in [5.41, 5.74) is 5.36.